The van der Waals surface area contributed by atoms with Gasteiger partial charge in [-0.15, -0.1) is 0 Å². The van der Waals surface area contributed by atoms with Crippen molar-refractivity contribution in [2.75, 3.05) is 13.2 Å². The van der Waals surface area contributed by atoms with Gasteiger partial charge in [0.15, 0.2) is 8.32 Å². The van der Waals surface area contributed by atoms with E-state index >= 15 is 0 Å². The average molecular weight is 359 g/mol. The Balaban J connectivity index is 2.94. The summed E-state index contributed by atoms with van der Waals surface area (Å²) in [5.41, 5.74) is 2.11. The third-order valence-corrected chi connectivity index (χ3v) is 11.6. The first-order valence-electron chi connectivity index (χ1n) is 9.37. The van der Waals surface area contributed by atoms with Crippen LogP contribution >= 0.6 is 0 Å². The molecule has 1 fully saturated rings. The molecule has 1 saturated carbocycles. The molecule has 0 aromatic carbocycles. The number of hydrogen-bond donors (Lipinski definition) is 0. The summed E-state index contributed by atoms with van der Waals surface area (Å²) < 4.78 is 25.8. The number of rotatable bonds is 8. The predicted molar refractivity (Wildman–Crippen MR) is 99.1 cm³/mol. The van der Waals surface area contributed by atoms with E-state index in [2.05, 4.69) is 41.5 Å². The molecule has 1 rings (SSSR count). The van der Waals surface area contributed by atoms with Crippen LogP contribution in [0.25, 0.3) is 0 Å². The molecule has 1 unspecified atom stereocenters. The first-order valence-corrected chi connectivity index (χ1v) is 11.5. The predicted octanol–water partition coefficient (Wildman–Crippen LogP) is 5.77. The zero-order chi connectivity index (χ0) is 18.5. The second-order valence-electron chi connectivity index (χ2n) is 7.78. The zero-order valence-electron chi connectivity index (χ0n) is 16.4. The van der Waals surface area contributed by atoms with Gasteiger partial charge in [0, 0.05) is 12.5 Å². The fourth-order valence-electron chi connectivity index (χ4n) is 4.46. The van der Waals surface area contributed by atoms with Crippen molar-refractivity contribution < 1.29 is 18.3 Å². The molecular weight excluding hydrogens is 323 g/mol. The molecule has 0 amide bonds. The summed E-state index contributed by atoms with van der Waals surface area (Å²) in [5.74, 6) is -1.49. The SMILES string of the molecule is CCOC(=O)/C(F)=C1\CCCC1CO[Si](C(C)C)(C(C)C)C(C)C. The average Bonchev–Trinajstić information content (AvgIpc) is 2.94. The second-order valence-corrected chi connectivity index (χ2v) is 13.2. The van der Waals surface area contributed by atoms with Crippen molar-refractivity contribution in [3.8, 4) is 0 Å². The Morgan fingerprint density at radius 3 is 2.17 bits per heavy atom. The maximum Gasteiger partial charge on any atom is 0.367 e. The van der Waals surface area contributed by atoms with E-state index < -0.39 is 20.1 Å². The van der Waals surface area contributed by atoms with Gasteiger partial charge in [-0.1, -0.05) is 41.5 Å². The van der Waals surface area contributed by atoms with E-state index in [1.54, 1.807) is 6.92 Å². The summed E-state index contributed by atoms with van der Waals surface area (Å²) in [7, 11) is -1.96. The van der Waals surface area contributed by atoms with Gasteiger partial charge in [-0.25, -0.2) is 4.79 Å². The molecule has 0 radical (unpaired) electrons. The third kappa shape index (κ3) is 4.48. The molecule has 1 aliphatic rings. The Bertz CT molecular complexity index is 436. The van der Waals surface area contributed by atoms with Gasteiger partial charge in [-0.05, 0) is 48.4 Å². The van der Waals surface area contributed by atoms with Crippen molar-refractivity contribution in [1.82, 2.24) is 0 Å². The van der Waals surface area contributed by atoms with E-state index in [0.717, 1.165) is 12.8 Å². The van der Waals surface area contributed by atoms with Crippen LogP contribution in [-0.2, 0) is 14.0 Å². The van der Waals surface area contributed by atoms with E-state index in [0.29, 0.717) is 35.2 Å². The molecule has 1 atom stereocenters. The van der Waals surface area contributed by atoms with Crippen LogP contribution in [0, 0.1) is 5.92 Å². The molecule has 0 aliphatic heterocycles. The maximum atomic E-state index is 14.4. The molecule has 3 nitrogen and oxygen atoms in total. The lowest BCUT2D eigenvalue weighted by Gasteiger charge is -2.42. The molecule has 24 heavy (non-hydrogen) atoms. The normalized spacial score (nSPS) is 21.0. The van der Waals surface area contributed by atoms with E-state index in [1.807, 2.05) is 0 Å². The lowest BCUT2D eigenvalue weighted by Crippen LogP contribution is -2.48. The van der Waals surface area contributed by atoms with Crippen LogP contribution in [0.3, 0.4) is 0 Å². The van der Waals surface area contributed by atoms with Gasteiger partial charge in [0.2, 0.25) is 5.83 Å². The Morgan fingerprint density at radius 2 is 1.71 bits per heavy atom. The fourth-order valence-corrected chi connectivity index (χ4v) is 9.95. The lowest BCUT2D eigenvalue weighted by atomic mass is 10.0. The van der Waals surface area contributed by atoms with Crippen LogP contribution in [0.1, 0.15) is 67.7 Å². The van der Waals surface area contributed by atoms with E-state index in [9.17, 15) is 9.18 Å². The highest BCUT2D eigenvalue weighted by molar-refractivity contribution is 6.77. The molecule has 140 valence electrons. The van der Waals surface area contributed by atoms with E-state index in [1.165, 1.54) is 0 Å². The van der Waals surface area contributed by atoms with Gasteiger partial charge in [0.1, 0.15) is 0 Å². The molecule has 0 N–H and O–H groups in total. The number of esters is 1. The molecule has 0 saturated heterocycles. The molecule has 0 spiro atoms. The van der Waals surface area contributed by atoms with Crippen LogP contribution in [0.15, 0.2) is 11.4 Å². The molecule has 0 heterocycles. The van der Waals surface area contributed by atoms with E-state index in [-0.39, 0.29) is 12.5 Å². The van der Waals surface area contributed by atoms with Crippen LogP contribution in [0.2, 0.25) is 16.6 Å². The summed E-state index contributed by atoms with van der Waals surface area (Å²) in [6.45, 7) is 15.9. The molecule has 1 aliphatic carbocycles. The number of carbonyl (C=O) groups is 1. The van der Waals surface area contributed by atoms with Gasteiger partial charge in [-0.2, -0.15) is 4.39 Å². The van der Waals surface area contributed by atoms with Crippen molar-refractivity contribution in [3.05, 3.63) is 11.4 Å². The molecule has 0 aromatic rings. The van der Waals surface area contributed by atoms with Crippen molar-refractivity contribution >= 4 is 14.3 Å². The summed E-state index contributed by atoms with van der Waals surface area (Å²) >= 11 is 0. The summed E-state index contributed by atoms with van der Waals surface area (Å²) in [6.07, 6.45) is 2.44. The largest absolute Gasteiger partial charge is 0.461 e. The lowest BCUT2D eigenvalue weighted by molar-refractivity contribution is -0.140. The Morgan fingerprint density at radius 1 is 1.17 bits per heavy atom. The van der Waals surface area contributed by atoms with Crippen LogP contribution in [0.4, 0.5) is 4.39 Å². The highest BCUT2D eigenvalue weighted by Gasteiger charge is 2.45. The highest BCUT2D eigenvalue weighted by atomic mass is 28.4. The Kier molecular flexibility index (Phi) is 8.13. The van der Waals surface area contributed by atoms with Crippen molar-refractivity contribution in [2.24, 2.45) is 5.92 Å². The number of hydrogen-bond acceptors (Lipinski definition) is 3. The van der Waals surface area contributed by atoms with Crippen LogP contribution in [0.5, 0.6) is 0 Å². The monoisotopic (exact) mass is 358 g/mol. The summed E-state index contributed by atoms with van der Waals surface area (Å²) in [4.78, 5) is 11.7. The summed E-state index contributed by atoms with van der Waals surface area (Å²) in [6, 6.07) is 0. The Labute approximate surface area is 148 Å². The minimum Gasteiger partial charge on any atom is -0.461 e. The van der Waals surface area contributed by atoms with Gasteiger partial charge >= 0.3 is 5.97 Å². The van der Waals surface area contributed by atoms with Crippen molar-refractivity contribution in [1.29, 1.82) is 0 Å². The highest BCUT2D eigenvalue weighted by Crippen LogP contribution is 2.44. The van der Waals surface area contributed by atoms with E-state index in [4.69, 9.17) is 9.16 Å². The summed E-state index contributed by atoms with van der Waals surface area (Å²) in [5, 5.41) is 0. The van der Waals surface area contributed by atoms with Gasteiger partial charge in [0.05, 0.1) is 6.61 Å². The van der Waals surface area contributed by atoms with Crippen molar-refractivity contribution in [3.63, 3.8) is 0 Å². The minimum absolute atomic E-state index is 0.0116. The smallest absolute Gasteiger partial charge is 0.367 e. The zero-order valence-corrected chi connectivity index (χ0v) is 17.4. The topological polar surface area (TPSA) is 35.5 Å². The number of halogens is 1. The number of carbonyl (C=O) groups excluding carboxylic acids is 1. The second kappa shape index (κ2) is 9.14. The van der Waals surface area contributed by atoms with Gasteiger partial charge in [-0.3, -0.25) is 0 Å². The first-order chi connectivity index (χ1) is 11.2. The van der Waals surface area contributed by atoms with Gasteiger partial charge < -0.3 is 9.16 Å². The molecule has 5 heteroatoms. The molecule has 0 bridgehead atoms. The first kappa shape index (κ1) is 21.4. The minimum atomic E-state index is -1.96. The van der Waals surface area contributed by atoms with Gasteiger partial charge in [0.25, 0.3) is 0 Å². The van der Waals surface area contributed by atoms with Crippen molar-refractivity contribution in [2.45, 2.75) is 84.4 Å². The standard InChI is InChI=1S/C19H35FO3Si/c1-8-22-19(21)18(20)17-11-9-10-16(17)12-23-24(13(2)3,14(4)5)15(6)7/h13-16H,8-12H2,1-7H3/b18-17-. The van der Waals surface area contributed by atoms with Crippen LogP contribution < -0.4 is 0 Å². The fraction of sp³-hybridized carbons (Fsp3) is 0.842. The molecule has 0 aromatic heterocycles. The maximum absolute atomic E-state index is 14.4. The number of ether oxygens (including phenoxy) is 1. The Hall–Kier alpha value is -0.683. The third-order valence-electron chi connectivity index (χ3n) is 5.47. The molecular formula is C19H35FO3Si. The van der Waals surface area contributed by atoms with Crippen LogP contribution in [-0.4, -0.2) is 27.5 Å². The quantitative estimate of drug-likeness (QED) is 0.314.